The van der Waals surface area contributed by atoms with Gasteiger partial charge in [-0.05, 0) is 120 Å². The molecule has 354 valence electrons. The molecule has 0 amide bonds. The van der Waals surface area contributed by atoms with Gasteiger partial charge in [-0.1, -0.05) is 212 Å². The monoisotopic (exact) mass is 904 g/mol. The van der Waals surface area contributed by atoms with E-state index in [1.807, 2.05) is 14.2 Å². The second-order valence-electron chi connectivity index (χ2n) is 23.3. The number of anilines is 1. The van der Waals surface area contributed by atoms with E-state index in [0.717, 1.165) is 50.6 Å². The molecule has 68 heavy (non-hydrogen) atoms. The molecule has 0 aliphatic heterocycles. The molecular weight excluding hydrogens is 827 g/mol. The van der Waals surface area contributed by atoms with Crippen LogP contribution in [0.15, 0.2) is 133 Å². The standard InChI is InChI=1S/C65H77NO2/c1-40-34-49(41(2)43-36-51(45-26-18-22-30-55(45)62(4,5)6)60(67-16)52(37-43)46-27-19-23-31-56(46)63(7,8)9)59(66)50(35-40)42(3)44-38-53(47-28-20-24-32-57(47)64(10,11)12)61(68-17)54(39-44)48-29-21-25-33-58(48)65(13,14)15/h18-39,41-42H,66H2,1-17H3/t41-,42-/m1/s1. The van der Waals surface area contributed by atoms with Gasteiger partial charge < -0.3 is 15.2 Å². The third-order valence-electron chi connectivity index (χ3n) is 14.1. The smallest absolute Gasteiger partial charge is 0.134 e. The molecule has 2 N–H and O–H groups in total. The Labute approximate surface area is 410 Å². The predicted octanol–water partition coefficient (Wildman–Crippen LogP) is 17.8. The van der Waals surface area contributed by atoms with E-state index in [0.29, 0.717) is 0 Å². The predicted molar refractivity (Wildman–Crippen MR) is 293 cm³/mol. The first-order valence-corrected chi connectivity index (χ1v) is 24.6. The van der Waals surface area contributed by atoms with Crippen LogP contribution in [0, 0.1) is 6.92 Å². The maximum atomic E-state index is 7.61. The lowest BCUT2D eigenvalue weighted by atomic mass is 9.77. The zero-order chi connectivity index (χ0) is 49.7. The first-order chi connectivity index (χ1) is 31.9. The van der Waals surface area contributed by atoms with Gasteiger partial charge in [-0.25, -0.2) is 0 Å². The molecule has 0 saturated carbocycles. The zero-order valence-corrected chi connectivity index (χ0v) is 44.3. The molecule has 0 bridgehead atoms. The first-order valence-electron chi connectivity index (χ1n) is 24.6. The number of ether oxygens (including phenoxy) is 2. The van der Waals surface area contributed by atoms with Gasteiger partial charge >= 0.3 is 0 Å². The number of methoxy groups -OCH3 is 2. The fourth-order valence-electron chi connectivity index (χ4n) is 10.5. The van der Waals surface area contributed by atoms with Crippen LogP contribution in [0.4, 0.5) is 5.69 Å². The molecule has 0 spiro atoms. The Hall–Kier alpha value is -6.06. The molecule has 7 aromatic rings. The molecule has 0 aliphatic carbocycles. The molecule has 7 rings (SSSR count). The SMILES string of the molecule is COc1c(-c2ccccc2C(C)(C)C)cc([C@@H](C)c2cc(C)cc([C@H](C)c3cc(-c4ccccc4C(C)(C)C)c(OC)c(-c4ccccc4C(C)(C)C)c3)c2N)cc1-c1ccccc1C(C)(C)C. The maximum Gasteiger partial charge on any atom is 0.134 e. The topological polar surface area (TPSA) is 44.5 Å². The van der Waals surface area contributed by atoms with E-state index < -0.39 is 0 Å². The number of aryl methyl sites for hydroxylation is 1. The van der Waals surface area contributed by atoms with E-state index in [1.165, 1.54) is 61.2 Å². The minimum atomic E-state index is -0.0937. The normalized spacial score (nSPS) is 13.3. The van der Waals surface area contributed by atoms with Gasteiger partial charge in [0, 0.05) is 39.8 Å². The lowest BCUT2D eigenvalue weighted by molar-refractivity contribution is 0.417. The third kappa shape index (κ3) is 9.78. The average Bonchev–Trinajstić information content (AvgIpc) is 3.29. The number of hydrogen-bond donors (Lipinski definition) is 1. The molecule has 0 heterocycles. The molecule has 0 fully saturated rings. The van der Waals surface area contributed by atoms with Crippen LogP contribution in [0.3, 0.4) is 0 Å². The zero-order valence-electron chi connectivity index (χ0n) is 44.3. The molecular formula is C65H77NO2. The summed E-state index contributed by atoms with van der Waals surface area (Å²) in [5, 5.41) is 0. The van der Waals surface area contributed by atoms with Crippen molar-refractivity contribution in [3.63, 3.8) is 0 Å². The van der Waals surface area contributed by atoms with Crippen LogP contribution in [0.25, 0.3) is 44.5 Å². The van der Waals surface area contributed by atoms with E-state index in [4.69, 9.17) is 15.2 Å². The Morgan fingerprint density at radius 3 is 0.824 bits per heavy atom. The second-order valence-corrected chi connectivity index (χ2v) is 23.3. The summed E-state index contributed by atoms with van der Waals surface area (Å²) >= 11 is 0. The van der Waals surface area contributed by atoms with Crippen molar-refractivity contribution in [1.29, 1.82) is 0 Å². The van der Waals surface area contributed by atoms with Crippen LogP contribution >= 0.6 is 0 Å². The molecule has 0 radical (unpaired) electrons. The maximum absolute atomic E-state index is 7.61. The van der Waals surface area contributed by atoms with Crippen LogP contribution < -0.4 is 15.2 Å². The third-order valence-corrected chi connectivity index (χ3v) is 14.1. The minimum Gasteiger partial charge on any atom is -0.495 e. The van der Waals surface area contributed by atoms with Crippen molar-refractivity contribution in [2.75, 3.05) is 20.0 Å². The van der Waals surface area contributed by atoms with E-state index in [1.54, 1.807) is 0 Å². The van der Waals surface area contributed by atoms with E-state index in [9.17, 15) is 0 Å². The van der Waals surface area contributed by atoms with Crippen molar-refractivity contribution in [3.8, 4) is 56.0 Å². The fourth-order valence-corrected chi connectivity index (χ4v) is 10.5. The Morgan fingerprint density at radius 1 is 0.368 bits per heavy atom. The highest BCUT2D eigenvalue weighted by Gasteiger charge is 2.30. The Kier molecular flexibility index (Phi) is 13.8. The van der Waals surface area contributed by atoms with E-state index >= 15 is 0 Å². The van der Waals surface area contributed by atoms with Crippen molar-refractivity contribution in [1.82, 2.24) is 0 Å². The van der Waals surface area contributed by atoms with Crippen LogP contribution in [-0.4, -0.2) is 14.2 Å². The molecule has 0 aliphatic rings. The highest BCUT2D eigenvalue weighted by Crippen LogP contribution is 2.50. The van der Waals surface area contributed by atoms with Gasteiger partial charge in [0.05, 0.1) is 14.2 Å². The lowest BCUT2D eigenvalue weighted by Gasteiger charge is -2.29. The van der Waals surface area contributed by atoms with Gasteiger partial charge in [-0.3, -0.25) is 0 Å². The summed E-state index contributed by atoms with van der Waals surface area (Å²) in [5.41, 5.74) is 28.0. The van der Waals surface area contributed by atoms with Crippen molar-refractivity contribution in [3.05, 3.63) is 184 Å². The molecule has 7 aromatic carbocycles. The van der Waals surface area contributed by atoms with Gasteiger partial charge in [0.25, 0.3) is 0 Å². The van der Waals surface area contributed by atoms with E-state index in [-0.39, 0.29) is 33.5 Å². The molecule has 0 unspecified atom stereocenters. The summed E-state index contributed by atoms with van der Waals surface area (Å²) in [7, 11) is 3.63. The van der Waals surface area contributed by atoms with Crippen molar-refractivity contribution in [2.45, 2.75) is 137 Å². The van der Waals surface area contributed by atoms with Gasteiger partial charge in [-0.2, -0.15) is 0 Å². The summed E-state index contributed by atoms with van der Waals surface area (Å²) < 4.78 is 13.0. The van der Waals surface area contributed by atoms with Gasteiger partial charge in [0.15, 0.2) is 0 Å². The lowest BCUT2D eigenvalue weighted by Crippen LogP contribution is -2.14. The summed E-state index contributed by atoms with van der Waals surface area (Å²) in [6, 6.07) is 49.3. The first kappa shape index (κ1) is 49.8. The highest BCUT2D eigenvalue weighted by atomic mass is 16.5. The number of nitrogens with two attached hydrogens (primary N) is 1. The van der Waals surface area contributed by atoms with Crippen molar-refractivity contribution >= 4 is 5.69 Å². The van der Waals surface area contributed by atoms with Crippen LogP contribution in [0.2, 0.25) is 0 Å². The summed E-state index contributed by atoms with van der Waals surface area (Å²) in [4.78, 5) is 0. The number of benzene rings is 7. The largest absolute Gasteiger partial charge is 0.495 e. The van der Waals surface area contributed by atoms with Crippen LogP contribution in [-0.2, 0) is 21.7 Å². The fraction of sp³-hybridized carbons (Fsp3) is 0.354. The quantitative estimate of drug-likeness (QED) is 0.139. The second kappa shape index (κ2) is 18.8. The van der Waals surface area contributed by atoms with Crippen LogP contribution in [0.1, 0.15) is 159 Å². The van der Waals surface area contributed by atoms with Crippen LogP contribution in [0.5, 0.6) is 11.5 Å². The number of rotatable bonds is 10. The highest BCUT2D eigenvalue weighted by molar-refractivity contribution is 5.88. The Morgan fingerprint density at radius 2 is 0.603 bits per heavy atom. The minimum absolute atomic E-state index is 0.0489. The number of hydrogen-bond acceptors (Lipinski definition) is 3. The number of nitrogen functional groups attached to an aromatic ring is 1. The van der Waals surface area contributed by atoms with Gasteiger partial charge in [-0.15, -0.1) is 0 Å². The van der Waals surface area contributed by atoms with Gasteiger partial charge in [0.1, 0.15) is 11.5 Å². The van der Waals surface area contributed by atoms with Crippen molar-refractivity contribution < 1.29 is 9.47 Å². The van der Waals surface area contributed by atoms with Crippen molar-refractivity contribution in [2.24, 2.45) is 0 Å². The molecule has 3 nitrogen and oxygen atoms in total. The molecule has 3 heteroatoms. The summed E-state index contributed by atoms with van der Waals surface area (Å²) in [6.07, 6.45) is 0. The average molecular weight is 904 g/mol. The Balaban J connectivity index is 1.48. The van der Waals surface area contributed by atoms with Gasteiger partial charge in [0.2, 0.25) is 0 Å². The summed E-state index contributed by atoms with van der Waals surface area (Å²) in [6.45, 7) is 34.3. The Bertz CT molecular complexity index is 2600. The molecule has 0 aromatic heterocycles. The molecule has 0 saturated heterocycles. The molecule has 2 atom stereocenters. The van der Waals surface area contributed by atoms with E-state index in [2.05, 4.69) is 237 Å². The summed E-state index contributed by atoms with van der Waals surface area (Å²) in [5.74, 6) is 1.67.